The highest BCUT2D eigenvalue weighted by molar-refractivity contribution is 5.84. The van der Waals surface area contributed by atoms with Gasteiger partial charge in [-0.1, -0.05) is 0 Å². The zero-order chi connectivity index (χ0) is 11.0. The minimum absolute atomic E-state index is 0.212. The Balaban J connectivity index is 3.65. The summed E-state index contributed by atoms with van der Waals surface area (Å²) in [5.74, 6) is -0.661. The van der Waals surface area contributed by atoms with Crippen LogP contribution in [0.5, 0.6) is 0 Å². The Hall–Kier alpha value is -1.10. The van der Waals surface area contributed by atoms with Crippen LogP contribution in [0.4, 0.5) is 0 Å². The van der Waals surface area contributed by atoms with E-state index in [-0.39, 0.29) is 12.3 Å². The molecule has 0 aromatic carbocycles. The van der Waals surface area contributed by atoms with Crippen LogP contribution in [0.3, 0.4) is 0 Å². The summed E-state index contributed by atoms with van der Waals surface area (Å²) < 4.78 is 9.45. The minimum Gasteiger partial charge on any atom is -0.467 e. The Kier molecular flexibility index (Phi) is 6.74. The summed E-state index contributed by atoms with van der Waals surface area (Å²) in [6.45, 7) is 4.38. The topological polar surface area (TPSA) is 64.6 Å². The van der Waals surface area contributed by atoms with E-state index in [1.807, 2.05) is 6.92 Å². The SMILES string of the molecule is CCOCCC(=O)NC(C)C(=O)OC. The first-order valence-corrected chi connectivity index (χ1v) is 4.56. The predicted molar refractivity (Wildman–Crippen MR) is 50.7 cm³/mol. The van der Waals surface area contributed by atoms with Gasteiger partial charge in [-0.15, -0.1) is 0 Å². The van der Waals surface area contributed by atoms with Crippen molar-refractivity contribution < 1.29 is 19.1 Å². The number of amides is 1. The van der Waals surface area contributed by atoms with Crippen LogP contribution >= 0.6 is 0 Å². The Bertz CT molecular complexity index is 193. The minimum atomic E-state index is -0.603. The van der Waals surface area contributed by atoms with Crippen LogP contribution < -0.4 is 5.32 Å². The molecular weight excluding hydrogens is 186 g/mol. The highest BCUT2D eigenvalue weighted by Crippen LogP contribution is 1.89. The molecule has 0 aromatic heterocycles. The largest absolute Gasteiger partial charge is 0.467 e. The molecule has 1 unspecified atom stereocenters. The molecule has 5 nitrogen and oxygen atoms in total. The number of esters is 1. The fourth-order valence-corrected chi connectivity index (χ4v) is 0.859. The third-order valence-electron chi connectivity index (χ3n) is 1.61. The molecule has 5 heteroatoms. The second-order valence-corrected chi connectivity index (χ2v) is 2.76. The quantitative estimate of drug-likeness (QED) is 0.491. The Morgan fingerprint density at radius 1 is 1.43 bits per heavy atom. The lowest BCUT2D eigenvalue weighted by molar-refractivity contribution is -0.144. The molecule has 0 saturated carbocycles. The highest BCUT2D eigenvalue weighted by Gasteiger charge is 2.14. The van der Waals surface area contributed by atoms with E-state index in [0.29, 0.717) is 13.2 Å². The van der Waals surface area contributed by atoms with Gasteiger partial charge in [0.05, 0.1) is 13.7 Å². The van der Waals surface area contributed by atoms with Crippen molar-refractivity contribution in [3.63, 3.8) is 0 Å². The first-order chi connectivity index (χ1) is 6.61. The van der Waals surface area contributed by atoms with E-state index in [2.05, 4.69) is 10.1 Å². The van der Waals surface area contributed by atoms with Crippen molar-refractivity contribution >= 4 is 11.9 Å². The van der Waals surface area contributed by atoms with Crippen LogP contribution in [0.25, 0.3) is 0 Å². The second kappa shape index (κ2) is 7.32. The number of hydrogen-bond acceptors (Lipinski definition) is 4. The average Bonchev–Trinajstić information content (AvgIpc) is 2.16. The molecule has 14 heavy (non-hydrogen) atoms. The molecule has 0 heterocycles. The van der Waals surface area contributed by atoms with E-state index in [9.17, 15) is 9.59 Å². The number of methoxy groups -OCH3 is 1. The van der Waals surface area contributed by atoms with E-state index in [4.69, 9.17) is 4.74 Å². The maximum absolute atomic E-state index is 11.1. The van der Waals surface area contributed by atoms with Gasteiger partial charge in [-0.2, -0.15) is 0 Å². The number of hydrogen-bond donors (Lipinski definition) is 1. The molecule has 0 aliphatic rings. The van der Waals surface area contributed by atoms with Gasteiger partial charge in [0.2, 0.25) is 5.91 Å². The normalized spacial score (nSPS) is 11.9. The van der Waals surface area contributed by atoms with E-state index >= 15 is 0 Å². The Morgan fingerprint density at radius 3 is 2.57 bits per heavy atom. The van der Waals surface area contributed by atoms with E-state index in [1.54, 1.807) is 6.92 Å². The van der Waals surface area contributed by atoms with E-state index in [1.165, 1.54) is 7.11 Å². The Morgan fingerprint density at radius 2 is 2.07 bits per heavy atom. The lowest BCUT2D eigenvalue weighted by Gasteiger charge is -2.11. The lowest BCUT2D eigenvalue weighted by Crippen LogP contribution is -2.39. The van der Waals surface area contributed by atoms with Crippen LogP contribution in [0.1, 0.15) is 20.3 Å². The smallest absolute Gasteiger partial charge is 0.328 e. The number of ether oxygens (including phenoxy) is 2. The van der Waals surface area contributed by atoms with Gasteiger partial charge in [0.1, 0.15) is 6.04 Å². The van der Waals surface area contributed by atoms with Crippen molar-refractivity contribution in [3.8, 4) is 0 Å². The average molecular weight is 203 g/mol. The summed E-state index contributed by atoms with van der Waals surface area (Å²) in [5, 5.41) is 2.50. The van der Waals surface area contributed by atoms with Gasteiger partial charge in [0.15, 0.2) is 0 Å². The number of carbonyl (C=O) groups is 2. The summed E-state index contributed by atoms with van der Waals surface area (Å²) in [6.07, 6.45) is 0.259. The van der Waals surface area contributed by atoms with Crippen molar-refractivity contribution in [1.82, 2.24) is 5.32 Å². The molecule has 0 spiro atoms. The molecule has 0 fully saturated rings. The summed E-state index contributed by atoms with van der Waals surface area (Å²) in [5.41, 5.74) is 0. The predicted octanol–water partition coefficient (Wildman–Crippen LogP) is 0.0907. The van der Waals surface area contributed by atoms with Crippen molar-refractivity contribution in [2.24, 2.45) is 0 Å². The maximum atomic E-state index is 11.1. The number of carbonyl (C=O) groups excluding carboxylic acids is 2. The monoisotopic (exact) mass is 203 g/mol. The molecular formula is C9H17NO4. The van der Waals surface area contributed by atoms with Gasteiger partial charge < -0.3 is 14.8 Å². The maximum Gasteiger partial charge on any atom is 0.328 e. The molecule has 1 atom stereocenters. The molecule has 0 radical (unpaired) electrons. The van der Waals surface area contributed by atoms with Gasteiger partial charge in [0.25, 0.3) is 0 Å². The van der Waals surface area contributed by atoms with E-state index < -0.39 is 12.0 Å². The lowest BCUT2D eigenvalue weighted by atomic mass is 10.3. The molecule has 0 bridgehead atoms. The van der Waals surface area contributed by atoms with Crippen molar-refractivity contribution in [1.29, 1.82) is 0 Å². The Labute approximate surface area is 83.8 Å². The molecule has 1 N–H and O–H groups in total. The summed E-state index contributed by atoms with van der Waals surface area (Å²) in [7, 11) is 1.28. The third-order valence-corrected chi connectivity index (χ3v) is 1.61. The number of nitrogens with one attached hydrogen (secondary N) is 1. The fourth-order valence-electron chi connectivity index (χ4n) is 0.859. The fraction of sp³-hybridized carbons (Fsp3) is 0.778. The molecule has 1 amide bonds. The van der Waals surface area contributed by atoms with Gasteiger partial charge in [-0.3, -0.25) is 4.79 Å². The molecule has 0 saturated heterocycles. The number of rotatable bonds is 6. The van der Waals surface area contributed by atoms with Crippen LogP contribution in [-0.4, -0.2) is 38.2 Å². The van der Waals surface area contributed by atoms with Crippen molar-refractivity contribution in [3.05, 3.63) is 0 Å². The molecule has 0 rings (SSSR count). The van der Waals surface area contributed by atoms with Crippen LogP contribution in [0, 0.1) is 0 Å². The van der Waals surface area contributed by atoms with Crippen LogP contribution in [0.2, 0.25) is 0 Å². The van der Waals surface area contributed by atoms with Gasteiger partial charge >= 0.3 is 5.97 Å². The zero-order valence-electron chi connectivity index (χ0n) is 8.83. The van der Waals surface area contributed by atoms with Gasteiger partial charge in [-0.05, 0) is 13.8 Å². The molecule has 82 valence electrons. The van der Waals surface area contributed by atoms with Crippen LogP contribution in [-0.2, 0) is 19.1 Å². The second-order valence-electron chi connectivity index (χ2n) is 2.76. The molecule has 0 aromatic rings. The highest BCUT2D eigenvalue weighted by atomic mass is 16.5. The summed E-state index contributed by atoms with van der Waals surface area (Å²) in [6, 6.07) is -0.603. The standard InChI is InChI=1S/C9H17NO4/c1-4-14-6-5-8(11)10-7(2)9(12)13-3/h7H,4-6H2,1-3H3,(H,10,11). The molecule has 0 aliphatic heterocycles. The van der Waals surface area contributed by atoms with Crippen molar-refractivity contribution in [2.45, 2.75) is 26.3 Å². The zero-order valence-corrected chi connectivity index (χ0v) is 8.83. The van der Waals surface area contributed by atoms with Crippen molar-refractivity contribution in [2.75, 3.05) is 20.3 Å². The summed E-state index contributed by atoms with van der Waals surface area (Å²) in [4.78, 5) is 22.1. The first kappa shape index (κ1) is 12.9. The first-order valence-electron chi connectivity index (χ1n) is 4.56. The van der Waals surface area contributed by atoms with Gasteiger partial charge in [0, 0.05) is 13.0 Å². The van der Waals surface area contributed by atoms with Gasteiger partial charge in [-0.25, -0.2) is 4.79 Å². The summed E-state index contributed by atoms with van der Waals surface area (Å²) >= 11 is 0. The van der Waals surface area contributed by atoms with Crippen LogP contribution in [0.15, 0.2) is 0 Å². The molecule has 0 aliphatic carbocycles. The third kappa shape index (κ3) is 5.53. The van der Waals surface area contributed by atoms with E-state index in [0.717, 1.165) is 0 Å².